The summed E-state index contributed by atoms with van der Waals surface area (Å²) in [6.07, 6.45) is 2.18. The van der Waals surface area contributed by atoms with E-state index in [-0.39, 0.29) is 0 Å². The molecule has 1 aromatic rings. The lowest BCUT2D eigenvalue weighted by Crippen LogP contribution is -2.36. The molecule has 1 aliphatic rings. The second kappa shape index (κ2) is 5.31. The summed E-state index contributed by atoms with van der Waals surface area (Å²) in [6.45, 7) is 7.62. The highest BCUT2D eigenvalue weighted by molar-refractivity contribution is 7.09. The van der Waals surface area contributed by atoms with E-state index in [4.69, 9.17) is 5.73 Å². The van der Waals surface area contributed by atoms with E-state index < -0.39 is 0 Å². The fourth-order valence-corrected chi connectivity index (χ4v) is 2.90. The second-order valence-corrected chi connectivity index (χ2v) is 6.69. The zero-order valence-corrected chi connectivity index (χ0v) is 12.3. The Labute approximate surface area is 114 Å². The van der Waals surface area contributed by atoms with Gasteiger partial charge in [-0.05, 0) is 29.2 Å². The van der Waals surface area contributed by atoms with E-state index in [9.17, 15) is 0 Å². The number of aliphatic imine (C=N–C) groups is 1. The van der Waals surface area contributed by atoms with Gasteiger partial charge in [0, 0.05) is 23.9 Å². The Morgan fingerprint density at radius 1 is 1.67 bits per heavy atom. The molecule has 0 amide bonds. The maximum Gasteiger partial charge on any atom is 0.188 e. The predicted molar refractivity (Wildman–Crippen MR) is 79.0 cm³/mol. The molecular weight excluding hydrogens is 242 g/mol. The Bertz CT molecular complexity index is 411. The lowest BCUT2D eigenvalue weighted by atomic mass is 9.94. The van der Waals surface area contributed by atoms with Crippen LogP contribution in [0.25, 0.3) is 0 Å². The van der Waals surface area contributed by atoms with Crippen LogP contribution in [0.4, 0.5) is 0 Å². The minimum atomic E-state index is 0.397. The number of hydrogen-bond donors (Lipinski definition) is 2. The van der Waals surface area contributed by atoms with Gasteiger partial charge in [0.15, 0.2) is 5.96 Å². The SMILES string of the molecule is CC(C)C1(C)CC1NC(N)=NCCc1cccs1. The molecule has 1 aliphatic carbocycles. The van der Waals surface area contributed by atoms with Crippen LogP contribution in [0.15, 0.2) is 22.5 Å². The van der Waals surface area contributed by atoms with Gasteiger partial charge in [0.1, 0.15) is 0 Å². The van der Waals surface area contributed by atoms with Crippen LogP contribution in [0.2, 0.25) is 0 Å². The Hall–Kier alpha value is -1.03. The fraction of sp³-hybridized carbons (Fsp3) is 0.643. The van der Waals surface area contributed by atoms with Gasteiger partial charge in [-0.1, -0.05) is 26.8 Å². The molecule has 1 fully saturated rings. The van der Waals surface area contributed by atoms with Crippen LogP contribution in [0.1, 0.15) is 32.1 Å². The van der Waals surface area contributed by atoms with E-state index in [0.717, 1.165) is 13.0 Å². The molecule has 0 bridgehead atoms. The van der Waals surface area contributed by atoms with Crippen LogP contribution in [0.5, 0.6) is 0 Å². The Balaban J connectivity index is 1.74. The standard InChI is InChI=1S/C14H23N3S/c1-10(2)14(3)9-12(14)17-13(15)16-7-6-11-5-4-8-18-11/h4-5,8,10,12H,6-7,9H2,1-3H3,(H3,15,16,17). The molecule has 100 valence electrons. The summed E-state index contributed by atoms with van der Waals surface area (Å²) in [5.74, 6) is 1.29. The number of nitrogens with one attached hydrogen (secondary N) is 1. The van der Waals surface area contributed by atoms with Gasteiger partial charge >= 0.3 is 0 Å². The molecule has 2 unspecified atom stereocenters. The Morgan fingerprint density at radius 3 is 3.00 bits per heavy atom. The fourth-order valence-electron chi connectivity index (χ4n) is 2.20. The second-order valence-electron chi connectivity index (χ2n) is 5.66. The van der Waals surface area contributed by atoms with Crippen molar-refractivity contribution in [1.29, 1.82) is 0 Å². The molecule has 1 aromatic heterocycles. The molecule has 18 heavy (non-hydrogen) atoms. The van der Waals surface area contributed by atoms with Crippen LogP contribution in [-0.4, -0.2) is 18.5 Å². The van der Waals surface area contributed by atoms with Crippen molar-refractivity contribution in [2.24, 2.45) is 22.1 Å². The van der Waals surface area contributed by atoms with Crippen LogP contribution in [0.3, 0.4) is 0 Å². The highest BCUT2D eigenvalue weighted by Gasteiger charge is 2.52. The van der Waals surface area contributed by atoms with Gasteiger partial charge in [-0.3, -0.25) is 4.99 Å². The molecule has 0 saturated heterocycles. The minimum Gasteiger partial charge on any atom is -0.370 e. The average molecular weight is 265 g/mol. The lowest BCUT2D eigenvalue weighted by molar-refractivity contribution is 0.375. The summed E-state index contributed by atoms with van der Waals surface area (Å²) in [4.78, 5) is 5.76. The van der Waals surface area contributed by atoms with E-state index in [0.29, 0.717) is 23.3 Å². The van der Waals surface area contributed by atoms with Gasteiger partial charge in [-0.25, -0.2) is 0 Å². The van der Waals surface area contributed by atoms with Gasteiger partial charge in [-0.2, -0.15) is 0 Å². The summed E-state index contributed by atoms with van der Waals surface area (Å²) in [5, 5.41) is 5.43. The first-order valence-corrected chi connectivity index (χ1v) is 7.49. The van der Waals surface area contributed by atoms with Gasteiger partial charge in [0.05, 0.1) is 0 Å². The largest absolute Gasteiger partial charge is 0.370 e. The van der Waals surface area contributed by atoms with Crippen molar-refractivity contribution in [3.63, 3.8) is 0 Å². The molecule has 2 rings (SSSR count). The Morgan fingerprint density at radius 2 is 2.44 bits per heavy atom. The number of hydrogen-bond acceptors (Lipinski definition) is 2. The highest BCUT2D eigenvalue weighted by Crippen LogP contribution is 2.51. The van der Waals surface area contributed by atoms with E-state index in [1.807, 2.05) is 0 Å². The molecule has 2 atom stereocenters. The average Bonchev–Trinajstić information content (AvgIpc) is 2.77. The third-order valence-corrected chi connectivity index (χ3v) is 5.08. The van der Waals surface area contributed by atoms with E-state index in [2.05, 4.69) is 48.6 Å². The molecule has 0 aliphatic heterocycles. The molecule has 1 heterocycles. The van der Waals surface area contributed by atoms with Gasteiger partial charge in [-0.15, -0.1) is 11.3 Å². The van der Waals surface area contributed by atoms with Crippen molar-refractivity contribution in [2.75, 3.05) is 6.54 Å². The summed E-state index contributed by atoms with van der Waals surface area (Å²) in [5.41, 5.74) is 6.31. The van der Waals surface area contributed by atoms with Gasteiger partial charge in [0.2, 0.25) is 0 Å². The lowest BCUT2D eigenvalue weighted by Gasteiger charge is -2.16. The highest BCUT2D eigenvalue weighted by atomic mass is 32.1. The van der Waals surface area contributed by atoms with Gasteiger partial charge in [0.25, 0.3) is 0 Å². The topological polar surface area (TPSA) is 50.4 Å². The van der Waals surface area contributed by atoms with E-state index in [1.54, 1.807) is 11.3 Å². The maximum atomic E-state index is 5.92. The molecule has 3 nitrogen and oxygen atoms in total. The smallest absolute Gasteiger partial charge is 0.188 e. The number of rotatable bonds is 5. The zero-order valence-electron chi connectivity index (χ0n) is 11.4. The number of nitrogens with two attached hydrogens (primary N) is 1. The van der Waals surface area contributed by atoms with Crippen molar-refractivity contribution in [3.8, 4) is 0 Å². The van der Waals surface area contributed by atoms with Crippen molar-refractivity contribution in [2.45, 2.75) is 39.7 Å². The Kier molecular flexibility index (Phi) is 3.95. The van der Waals surface area contributed by atoms with Crippen molar-refractivity contribution in [1.82, 2.24) is 5.32 Å². The predicted octanol–water partition coefficient (Wildman–Crippen LogP) is 2.63. The van der Waals surface area contributed by atoms with Crippen LogP contribution in [-0.2, 0) is 6.42 Å². The first-order chi connectivity index (χ1) is 8.52. The van der Waals surface area contributed by atoms with Crippen molar-refractivity contribution < 1.29 is 0 Å². The molecular formula is C14H23N3S. The number of thiophene rings is 1. The number of guanidine groups is 1. The van der Waals surface area contributed by atoms with Crippen molar-refractivity contribution in [3.05, 3.63) is 22.4 Å². The molecule has 0 radical (unpaired) electrons. The van der Waals surface area contributed by atoms with Crippen LogP contribution >= 0.6 is 11.3 Å². The third-order valence-electron chi connectivity index (χ3n) is 4.14. The molecule has 4 heteroatoms. The summed E-state index contributed by atoms with van der Waals surface area (Å²) in [6, 6.07) is 4.72. The minimum absolute atomic E-state index is 0.397. The van der Waals surface area contributed by atoms with Gasteiger partial charge < -0.3 is 11.1 Å². The summed E-state index contributed by atoms with van der Waals surface area (Å²) >= 11 is 1.77. The summed E-state index contributed by atoms with van der Waals surface area (Å²) < 4.78 is 0. The normalized spacial score (nSPS) is 27.6. The van der Waals surface area contributed by atoms with Crippen molar-refractivity contribution >= 4 is 17.3 Å². The molecule has 0 aromatic carbocycles. The maximum absolute atomic E-state index is 5.92. The summed E-state index contributed by atoms with van der Waals surface area (Å²) in [7, 11) is 0. The van der Waals surface area contributed by atoms with Crippen LogP contribution < -0.4 is 11.1 Å². The zero-order chi connectivity index (χ0) is 13.2. The van der Waals surface area contributed by atoms with E-state index in [1.165, 1.54) is 11.3 Å². The van der Waals surface area contributed by atoms with E-state index >= 15 is 0 Å². The monoisotopic (exact) mass is 265 g/mol. The van der Waals surface area contributed by atoms with Crippen LogP contribution in [0, 0.1) is 11.3 Å². The number of nitrogens with zero attached hydrogens (tertiary/aromatic N) is 1. The third kappa shape index (κ3) is 3.05. The quantitative estimate of drug-likeness (QED) is 0.635. The first-order valence-electron chi connectivity index (χ1n) is 6.61. The molecule has 3 N–H and O–H groups in total. The molecule has 0 spiro atoms. The first kappa shape index (κ1) is 13.4. The molecule has 1 saturated carbocycles.